The highest BCUT2D eigenvalue weighted by molar-refractivity contribution is 5.73. The molecule has 0 aromatic carbocycles. The fourth-order valence-corrected chi connectivity index (χ4v) is 3.12. The fourth-order valence-electron chi connectivity index (χ4n) is 3.12. The number of nitrogens with zero attached hydrogens (tertiary/aromatic N) is 3. The van der Waals surface area contributed by atoms with Gasteiger partial charge in [-0.15, -0.1) is 0 Å². The number of carboxylic acids is 2. The number of fused-ring (bicyclic) bond motifs is 1. The van der Waals surface area contributed by atoms with Crippen molar-refractivity contribution in [2.45, 2.75) is 51.1 Å². The Morgan fingerprint density at radius 2 is 1.64 bits per heavy atom. The minimum Gasteiger partial charge on any atom is -0.486 e. The molecule has 0 aliphatic carbocycles. The minimum absolute atomic E-state index is 0.294. The molecule has 0 unspecified atom stereocenters. The van der Waals surface area contributed by atoms with Gasteiger partial charge in [0.15, 0.2) is 11.6 Å². The molecule has 0 amide bonds. The van der Waals surface area contributed by atoms with Crippen molar-refractivity contribution >= 4 is 29.5 Å². The molecule has 0 radical (unpaired) electrons. The number of alkyl halides is 6. The Kier molecular flexibility index (Phi) is 10.8. The third-order valence-electron chi connectivity index (χ3n) is 5.05. The number of likely N-dealkylation sites (N-methyl/N-ethyl adjacent to an activating group) is 1. The quantitative estimate of drug-likeness (QED) is 0.362. The van der Waals surface area contributed by atoms with E-state index in [0.717, 1.165) is 43.3 Å². The zero-order valence-electron chi connectivity index (χ0n) is 19.6. The van der Waals surface area contributed by atoms with Crippen molar-refractivity contribution in [2.75, 3.05) is 42.7 Å². The van der Waals surface area contributed by atoms with E-state index in [9.17, 15) is 26.3 Å². The average molecular weight is 534 g/mol. The van der Waals surface area contributed by atoms with Crippen LogP contribution in [0.25, 0.3) is 0 Å². The highest BCUT2D eigenvalue weighted by atomic mass is 19.4. The van der Waals surface area contributed by atoms with Crippen molar-refractivity contribution in [1.82, 2.24) is 15.3 Å². The van der Waals surface area contributed by atoms with Crippen LogP contribution in [0.2, 0.25) is 0 Å². The Morgan fingerprint density at radius 3 is 2.06 bits per heavy atom. The number of rotatable bonds is 3. The van der Waals surface area contributed by atoms with Gasteiger partial charge in [0.05, 0.1) is 6.61 Å². The number of anilines is 3. The molecule has 3 heterocycles. The summed E-state index contributed by atoms with van der Waals surface area (Å²) >= 11 is 0. The molecule has 0 bridgehead atoms. The maximum absolute atomic E-state index is 10.6. The maximum atomic E-state index is 10.6. The third kappa shape index (κ3) is 9.43. The second-order valence-corrected chi connectivity index (χ2v) is 8.04. The first kappa shape index (κ1) is 30.8. The van der Waals surface area contributed by atoms with Crippen LogP contribution >= 0.6 is 0 Å². The summed E-state index contributed by atoms with van der Waals surface area (Å²) in [5, 5.41) is 21.1. The van der Waals surface area contributed by atoms with E-state index in [-0.39, 0.29) is 0 Å². The normalized spacial score (nSPS) is 19.4. The Morgan fingerprint density at radius 1 is 1.11 bits per heavy atom. The van der Waals surface area contributed by atoms with Crippen LogP contribution in [0.5, 0.6) is 5.75 Å². The highest BCUT2D eigenvalue weighted by Crippen LogP contribution is 2.38. The van der Waals surface area contributed by atoms with Crippen LogP contribution in [0.15, 0.2) is 0 Å². The van der Waals surface area contributed by atoms with Crippen LogP contribution in [0, 0.1) is 5.92 Å². The molecule has 2 atom stereocenters. The Bertz CT molecular complexity index is 875. The molecular weight excluding hydrogens is 506 g/mol. The molecule has 1 aromatic heterocycles. The molecule has 1 fully saturated rings. The van der Waals surface area contributed by atoms with E-state index >= 15 is 0 Å². The summed E-state index contributed by atoms with van der Waals surface area (Å²) in [5.74, 6) is -2.42. The first-order chi connectivity index (χ1) is 16.5. The summed E-state index contributed by atoms with van der Waals surface area (Å²) in [5.41, 5.74) is 5.93. The lowest BCUT2D eigenvalue weighted by molar-refractivity contribution is -0.193. The molecule has 17 heteroatoms. The minimum atomic E-state index is -5.08. The topological polar surface area (TPSA) is 163 Å². The Labute approximate surface area is 202 Å². The lowest BCUT2D eigenvalue weighted by Gasteiger charge is -2.22. The molecule has 6 N–H and O–H groups in total. The summed E-state index contributed by atoms with van der Waals surface area (Å²) in [6.45, 7) is 6.94. The molecular formula is C19H28F6N6O5. The van der Waals surface area contributed by atoms with Crippen molar-refractivity contribution in [1.29, 1.82) is 0 Å². The molecule has 0 saturated carbocycles. The lowest BCUT2D eigenvalue weighted by atomic mass is 10.0. The van der Waals surface area contributed by atoms with Crippen LogP contribution in [0.4, 0.5) is 43.9 Å². The number of aliphatic carboxylic acids is 2. The Hall–Kier alpha value is -3.24. The predicted molar refractivity (Wildman–Crippen MR) is 116 cm³/mol. The van der Waals surface area contributed by atoms with E-state index < -0.39 is 24.3 Å². The molecule has 2 aliphatic rings. The fraction of sp³-hybridized carbons (Fsp3) is 0.684. The first-order valence-electron chi connectivity index (χ1n) is 10.6. The van der Waals surface area contributed by atoms with Gasteiger partial charge in [-0.25, -0.2) is 9.59 Å². The molecule has 2 aliphatic heterocycles. The third-order valence-corrected chi connectivity index (χ3v) is 5.05. The number of carboxylic acid groups (broad SMARTS) is 2. The average Bonchev–Trinajstić information content (AvgIpc) is 3.12. The van der Waals surface area contributed by atoms with Crippen LogP contribution in [-0.4, -0.2) is 83.3 Å². The molecule has 0 spiro atoms. The second kappa shape index (κ2) is 12.6. The van der Waals surface area contributed by atoms with Crippen LogP contribution in [0.1, 0.15) is 26.7 Å². The summed E-state index contributed by atoms with van der Waals surface area (Å²) in [4.78, 5) is 28.8. The van der Waals surface area contributed by atoms with Crippen molar-refractivity contribution < 1.29 is 50.9 Å². The number of carbonyl (C=O) groups is 2. The number of nitrogen functional groups attached to an aromatic ring is 1. The molecule has 3 rings (SSSR count). The van der Waals surface area contributed by atoms with Gasteiger partial charge in [-0.1, -0.05) is 13.8 Å². The van der Waals surface area contributed by atoms with Gasteiger partial charge >= 0.3 is 24.3 Å². The number of nitrogens with one attached hydrogen (secondary N) is 2. The van der Waals surface area contributed by atoms with E-state index in [1.807, 2.05) is 7.05 Å². The second-order valence-electron chi connectivity index (χ2n) is 8.04. The van der Waals surface area contributed by atoms with E-state index in [0.29, 0.717) is 30.6 Å². The van der Waals surface area contributed by atoms with Gasteiger partial charge in [0.2, 0.25) is 11.7 Å². The van der Waals surface area contributed by atoms with Gasteiger partial charge in [0.1, 0.15) is 0 Å². The van der Waals surface area contributed by atoms with E-state index in [1.165, 1.54) is 0 Å². The largest absolute Gasteiger partial charge is 0.490 e. The lowest BCUT2D eigenvalue weighted by Crippen LogP contribution is -2.30. The standard InChI is InChI=1S/C15H26N6O.2C2HF3O2/c1-9(2)11-5-7-22-12-13(18-11)19-15(16)20-14(12)21-6-4-10(8-21)17-3;2*3-2(4,5)1(6)7/h9-11,17H,4-8H2,1-3H3,(H3,16,18,19,20);2*(H,6,7)/t10-,11-;;/m1../s1. The van der Waals surface area contributed by atoms with Crippen LogP contribution in [-0.2, 0) is 9.59 Å². The number of hydrogen-bond acceptors (Lipinski definition) is 9. The van der Waals surface area contributed by atoms with Crippen LogP contribution in [0.3, 0.4) is 0 Å². The molecule has 11 nitrogen and oxygen atoms in total. The number of nitrogens with two attached hydrogens (primary N) is 1. The number of hydrogen-bond donors (Lipinski definition) is 5. The van der Waals surface area contributed by atoms with Gasteiger partial charge in [-0.05, 0) is 19.4 Å². The summed E-state index contributed by atoms with van der Waals surface area (Å²) in [7, 11) is 1.99. The Balaban J connectivity index is 0.000000383. The van der Waals surface area contributed by atoms with E-state index in [1.54, 1.807) is 0 Å². The predicted octanol–water partition coefficient (Wildman–Crippen LogP) is 2.34. The van der Waals surface area contributed by atoms with Gasteiger partial charge in [-0.3, -0.25) is 0 Å². The van der Waals surface area contributed by atoms with Gasteiger partial charge in [0, 0.05) is 31.6 Å². The monoisotopic (exact) mass is 534 g/mol. The number of aromatic nitrogens is 2. The van der Waals surface area contributed by atoms with Gasteiger partial charge in [-0.2, -0.15) is 36.3 Å². The summed E-state index contributed by atoms with van der Waals surface area (Å²) < 4.78 is 69.5. The van der Waals surface area contributed by atoms with Crippen LogP contribution < -0.4 is 26.0 Å². The zero-order valence-corrected chi connectivity index (χ0v) is 19.6. The highest BCUT2D eigenvalue weighted by Gasteiger charge is 2.39. The molecule has 1 aromatic rings. The van der Waals surface area contributed by atoms with E-state index in [4.69, 9.17) is 30.3 Å². The van der Waals surface area contributed by atoms with Crippen molar-refractivity contribution in [2.24, 2.45) is 5.92 Å². The SMILES string of the molecule is CN[C@@H]1CCN(c2nc(N)nc3c2OCC[C@H](C(C)C)N3)C1.O=C(O)C(F)(F)F.O=C(O)C(F)(F)F. The summed E-state index contributed by atoms with van der Waals surface area (Å²) in [6, 6.07) is 0.820. The summed E-state index contributed by atoms with van der Waals surface area (Å²) in [6.07, 6.45) is -8.12. The first-order valence-corrected chi connectivity index (χ1v) is 10.6. The number of ether oxygens (including phenoxy) is 1. The van der Waals surface area contributed by atoms with E-state index in [2.05, 4.69) is 39.3 Å². The zero-order chi connectivity index (χ0) is 27.8. The van der Waals surface area contributed by atoms with Crippen molar-refractivity contribution in [3.8, 4) is 5.75 Å². The molecule has 1 saturated heterocycles. The molecule has 36 heavy (non-hydrogen) atoms. The maximum Gasteiger partial charge on any atom is 0.490 e. The van der Waals surface area contributed by atoms with Crippen molar-refractivity contribution in [3.63, 3.8) is 0 Å². The van der Waals surface area contributed by atoms with Gasteiger partial charge < -0.3 is 36.2 Å². The van der Waals surface area contributed by atoms with Crippen molar-refractivity contribution in [3.05, 3.63) is 0 Å². The molecule has 206 valence electrons. The smallest absolute Gasteiger partial charge is 0.486 e. The van der Waals surface area contributed by atoms with Gasteiger partial charge in [0.25, 0.3) is 0 Å². The number of halogens is 6.